The Kier molecular flexibility index (Phi) is 4.58. The van der Waals surface area contributed by atoms with E-state index in [4.69, 9.17) is 14.7 Å². The third-order valence-electron chi connectivity index (χ3n) is 3.67. The molecule has 0 aromatic rings. The summed E-state index contributed by atoms with van der Waals surface area (Å²) in [7, 11) is 0. The molecule has 1 aliphatic carbocycles. The van der Waals surface area contributed by atoms with Crippen molar-refractivity contribution in [3.8, 4) is 6.07 Å². The van der Waals surface area contributed by atoms with Crippen molar-refractivity contribution >= 4 is 17.8 Å². The molecule has 4 unspecified atom stereocenters. The van der Waals surface area contributed by atoms with E-state index in [0.29, 0.717) is 12.8 Å². The number of ether oxygens (including phenoxy) is 2. The maximum Gasteiger partial charge on any atom is 0.309 e. The average molecular weight is 292 g/mol. The van der Waals surface area contributed by atoms with Gasteiger partial charge in [0, 0.05) is 13.0 Å². The van der Waals surface area contributed by atoms with Crippen molar-refractivity contribution in [2.45, 2.75) is 31.5 Å². The van der Waals surface area contributed by atoms with Gasteiger partial charge in [0.15, 0.2) is 6.10 Å². The number of rotatable bonds is 5. The number of nitriles is 1. The van der Waals surface area contributed by atoms with Crippen molar-refractivity contribution in [3.05, 3.63) is 12.7 Å². The van der Waals surface area contributed by atoms with Crippen molar-refractivity contribution < 1.29 is 23.9 Å². The summed E-state index contributed by atoms with van der Waals surface area (Å²) < 4.78 is 10.4. The van der Waals surface area contributed by atoms with E-state index in [1.54, 1.807) is 0 Å². The molecule has 0 spiro atoms. The van der Waals surface area contributed by atoms with Gasteiger partial charge in [-0.1, -0.05) is 6.58 Å². The fourth-order valence-electron chi connectivity index (χ4n) is 2.62. The Hall–Kier alpha value is -2.36. The van der Waals surface area contributed by atoms with Crippen LogP contribution in [0.3, 0.4) is 0 Å². The molecule has 7 heteroatoms. The van der Waals surface area contributed by atoms with Crippen LogP contribution in [-0.2, 0) is 23.9 Å². The van der Waals surface area contributed by atoms with Crippen LogP contribution in [0, 0.1) is 23.2 Å². The van der Waals surface area contributed by atoms with Gasteiger partial charge in [-0.05, 0) is 12.5 Å². The van der Waals surface area contributed by atoms with Gasteiger partial charge in [0.05, 0.1) is 24.3 Å². The van der Waals surface area contributed by atoms with E-state index in [9.17, 15) is 14.4 Å². The molecule has 1 amide bonds. The number of nitrogens with zero attached hydrogens (tertiary/aromatic N) is 1. The second kappa shape index (κ2) is 6.39. The van der Waals surface area contributed by atoms with Crippen molar-refractivity contribution in [1.82, 2.24) is 5.32 Å². The van der Waals surface area contributed by atoms with E-state index < -0.39 is 24.1 Å². The summed E-state index contributed by atoms with van der Waals surface area (Å²) in [6, 6.07) is 2.07. The highest BCUT2D eigenvalue weighted by Gasteiger charge is 2.50. The number of hydrogen-bond acceptors (Lipinski definition) is 6. The van der Waals surface area contributed by atoms with Crippen molar-refractivity contribution in [2.75, 3.05) is 6.54 Å². The van der Waals surface area contributed by atoms with Crippen LogP contribution in [0.15, 0.2) is 12.7 Å². The molecule has 1 saturated carbocycles. The van der Waals surface area contributed by atoms with E-state index in [0.717, 1.165) is 6.08 Å². The van der Waals surface area contributed by atoms with Crippen LogP contribution < -0.4 is 5.32 Å². The van der Waals surface area contributed by atoms with E-state index >= 15 is 0 Å². The molecule has 1 heterocycles. The molecule has 1 N–H and O–H groups in total. The molecular formula is C14H16N2O5. The molecule has 21 heavy (non-hydrogen) atoms. The standard InChI is InChI=1S/C14H16N2O5/c1-2-11(17)16-4-3-12(18)21-13-9(7-15)5-8-6-10(13)20-14(8)19/h2,8-10,13H,1,3-6H2,(H,16,17). The van der Waals surface area contributed by atoms with Gasteiger partial charge in [0.1, 0.15) is 6.10 Å². The van der Waals surface area contributed by atoms with E-state index in [2.05, 4.69) is 18.0 Å². The van der Waals surface area contributed by atoms with Gasteiger partial charge < -0.3 is 14.8 Å². The minimum absolute atomic E-state index is 0.0156. The van der Waals surface area contributed by atoms with Gasteiger partial charge in [-0.2, -0.15) is 5.26 Å². The Morgan fingerprint density at radius 3 is 2.95 bits per heavy atom. The van der Waals surface area contributed by atoms with Crippen LogP contribution in [-0.4, -0.2) is 36.6 Å². The Bertz CT molecular complexity index is 510. The Morgan fingerprint density at radius 1 is 1.52 bits per heavy atom. The highest BCUT2D eigenvalue weighted by molar-refractivity contribution is 5.87. The van der Waals surface area contributed by atoms with Crippen molar-refractivity contribution in [1.29, 1.82) is 5.26 Å². The van der Waals surface area contributed by atoms with Gasteiger partial charge in [-0.15, -0.1) is 0 Å². The SMILES string of the molecule is C=CC(=O)NCCC(=O)OC1C(C#N)CC2CC1OC2=O. The zero-order chi connectivity index (χ0) is 15.4. The highest BCUT2D eigenvalue weighted by Crippen LogP contribution is 2.39. The van der Waals surface area contributed by atoms with E-state index in [1.807, 2.05) is 0 Å². The van der Waals surface area contributed by atoms with Crippen LogP contribution in [0.5, 0.6) is 0 Å². The zero-order valence-electron chi connectivity index (χ0n) is 11.4. The molecule has 112 valence electrons. The van der Waals surface area contributed by atoms with Crippen LogP contribution in [0.25, 0.3) is 0 Å². The van der Waals surface area contributed by atoms with Crippen LogP contribution in [0.2, 0.25) is 0 Å². The zero-order valence-corrected chi connectivity index (χ0v) is 11.4. The monoisotopic (exact) mass is 292 g/mol. The molecule has 2 rings (SSSR count). The third-order valence-corrected chi connectivity index (χ3v) is 3.67. The molecule has 7 nitrogen and oxygen atoms in total. The number of fused-ring (bicyclic) bond motifs is 2. The minimum atomic E-state index is -0.722. The number of amides is 1. The maximum atomic E-state index is 11.7. The second-order valence-electron chi connectivity index (χ2n) is 5.08. The quantitative estimate of drug-likeness (QED) is 0.567. The topological polar surface area (TPSA) is 105 Å². The van der Waals surface area contributed by atoms with Crippen molar-refractivity contribution in [2.24, 2.45) is 11.8 Å². The number of hydrogen-bond donors (Lipinski definition) is 1. The predicted molar refractivity (Wildman–Crippen MR) is 69.4 cm³/mol. The van der Waals surface area contributed by atoms with Gasteiger partial charge in [0.25, 0.3) is 0 Å². The molecule has 0 radical (unpaired) electrons. The van der Waals surface area contributed by atoms with E-state index in [1.165, 1.54) is 0 Å². The molecular weight excluding hydrogens is 276 g/mol. The normalized spacial score (nSPS) is 30.0. The first-order valence-corrected chi connectivity index (χ1v) is 6.75. The largest absolute Gasteiger partial charge is 0.458 e. The highest BCUT2D eigenvalue weighted by atomic mass is 16.6. The molecule has 0 aromatic heterocycles. The summed E-state index contributed by atoms with van der Waals surface area (Å²) in [6.07, 6.45) is 0.682. The van der Waals surface area contributed by atoms with Gasteiger partial charge in [0.2, 0.25) is 5.91 Å². The van der Waals surface area contributed by atoms with Gasteiger partial charge in [-0.3, -0.25) is 14.4 Å². The number of carbonyl (C=O) groups excluding carboxylic acids is 3. The fourth-order valence-corrected chi connectivity index (χ4v) is 2.62. The Morgan fingerprint density at radius 2 is 2.29 bits per heavy atom. The maximum absolute atomic E-state index is 11.7. The summed E-state index contributed by atoms with van der Waals surface area (Å²) in [5, 5.41) is 11.6. The molecule has 1 aliphatic heterocycles. The lowest BCUT2D eigenvalue weighted by Crippen LogP contribution is -2.40. The first-order chi connectivity index (χ1) is 10.0. The van der Waals surface area contributed by atoms with E-state index in [-0.39, 0.29) is 30.8 Å². The smallest absolute Gasteiger partial charge is 0.309 e. The molecule has 0 aromatic carbocycles. The lowest BCUT2D eigenvalue weighted by atomic mass is 9.80. The Balaban J connectivity index is 1.87. The molecule has 4 atom stereocenters. The second-order valence-corrected chi connectivity index (χ2v) is 5.08. The predicted octanol–water partition coefficient (Wildman–Crippen LogP) is 0.0657. The first kappa shape index (κ1) is 15.0. The third kappa shape index (κ3) is 3.40. The summed E-state index contributed by atoms with van der Waals surface area (Å²) in [5.74, 6) is -2.03. The molecule has 2 fully saturated rings. The average Bonchev–Trinajstić information content (AvgIpc) is 2.77. The summed E-state index contributed by atoms with van der Waals surface area (Å²) in [6.45, 7) is 3.42. The number of carbonyl (C=O) groups is 3. The van der Waals surface area contributed by atoms with Gasteiger partial charge >= 0.3 is 11.9 Å². The molecule has 2 aliphatic rings. The summed E-state index contributed by atoms with van der Waals surface area (Å²) in [4.78, 5) is 34.2. The van der Waals surface area contributed by atoms with Crippen molar-refractivity contribution in [3.63, 3.8) is 0 Å². The fraction of sp³-hybridized carbons (Fsp3) is 0.571. The Labute approximate surface area is 121 Å². The number of nitrogens with one attached hydrogen (secondary N) is 1. The van der Waals surface area contributed by atoms with Crippen LogP contribution in [0.1, 0.15) is 19.3 Å². The van der Waals surface area contributed by atoms with Gasteiger partial charge in [-0.25, -0.2) is 0 Å². The molecule has 1 saturated heterocycles. The van der Waals surface area contributed by atoms with Crippen LogP contribution >= 0.6 is 0 Å². The lowest BCUT2D eigenvalue weighted by Gasteiger charge is -2.29. The minimum Gasteiger partial charge on any atom is -0.458 e. The summed E-state index contributed by atoms with van der Waals surface area (Å²) in [5.41, 5.74) is 0. The lowest BCUT2D eigenvalue weighted by molar-refractivity contribution is -0.163. The van der Waals surface area contributed by atoms with Crippen LogP contribution in [0.4, 0.5) is 0 Å². The molecule has 2 bridgehead atoms. The number of esters is 2. The first-order valence-electron chi connectivity index (χ1n) is 6.75. The summed E-state index contributed by atoms with van der Waals surface area (Å²) >= 11 is 0.